The second-order valence-electron chi connectivity index (χ2n) is 3.10. The van der Waals surface area contributed by atoms with Gasteiger partial charge in [0.1, 0.15) is 0 Å². The summed E-state index contributed by atoms with van der Waals surface area (Å²) in [7, 11) is 0. The minimum Gasteiger partial charge on any atom is -0.353 e. The fourth-order valence-electron chi connectivity index (χ4n) is 0.852. The molecule has 0 fully saturated rings. The molecule has 66 valence electrons. The first kappa shape index (κ1) is 10.5. The molecule has 0 radical (unpaired) electrons. The number of amides is 1. The van der Waals surface area contributed by atoms with E-state index in [2.05, 4.69) is 26.1 Å². The number of hydrogen-bond acceptors (Lipinski definition) is 1. The monoisotopic (exact) mass is 157 g/mol. The average molecular weight is 157 g/mol. The summed E-state index contributed by atoms with van der Waals surface area (Å²) in [5.41, 5.74) is 0. The molecule has 2 unspecified atom stereocenters. The van der Waals surface area contributed by atoms with E-state index in [0.29, 0.717) is 18.4 Å². The number of rotatable bonds is 4. The maximum absolute atomic E-state index is 10.9. The Morgan fingerprint density at radius 2 is 1.91 bits per heavy atom. The molecule has 0 heterocycles. The molecule has 2 atom stereocenters. The van der Waals surface area contributed by atoms with Gasteiger partial charge in [-0.1, -0.05) is 27.2 Å². The first-order chi connectivity index (χ1) is 5.11. The molecule has 2 heteroatoms. The highest BCUT2D eigenvalue weighted by Crippen LogP contribution is 2.06. The second-order valence-corrected chi connectivity index (χ2v) is 3.10. The van der Waals surface area contributed by atoms with Gasteiger partial charge in [0.25, 0.3) is 0 Å². The van der Waals surface area contributed by atoms with Gasteiger partial charge in [-0.3, -0.25) is 4.79 Å². The van der Waals surface area contributed by atoms with Gasteiger partial charge in [-0.2, -0.15) is 0 Å². The summed E-state index contributed by atoms with van der Waals surface area (Å²) in [4.78, 5) is 10.9. The van der Waals surface area contributed by atoms with E-state index in [4.69, 9.17) is 0 Å². The van der Waals surface area contributed by atoms with Crippen LogP contribution in [0.3, 0.4) is 0 Å². The Labute approximate surface area is 69.4 Å². The summed E-state index contributed by atoms with van der Waals surface area (Å²) in [6.07, 6.45) is 1.70. The van der Waals surface area contributed by atoms with Crippen LogP contribution in [-0.2, 0) is 4.79 Å². The summed E-state index contributed by atoms with van der Waals surface area (Å²) in [5, 5.41) is 2.94. The molecule has 0 aromatic heterocycles. The lowest BCUT2D eigenvalue weighted by atomic mass is 10.0. The van der Waals surface area contributed by atoms with Crippen LogP contribution in [0, 0.1) is 5.92 Å². The van der Waals surface area contributed by atoms with Gasteiger partial charge < -0.3 is 5.32 Å². The van der Waals surface area contributed by atoms with Crippen LogP contribution < -0.4 is 5.32 Å². The van der Waals surface area contributed by atoms with E-state index in [1.165, 1.54) is 0 Å². The molecule has 0 aliphatic heterocycles. The first-order valence-corrected chi connectivity index (χ1v) is 4.41. The molecule has 0 saturated heterocycles. The molecule has 0 spiro atoms. The fraction of sp³-hybridized carbons (Fsp3) is 0.889. The molecule has 0 saturated carbocycles. The van der Waals surface area contributed by atoms with E-state index in [1.807, 2.05) is 6.92 Å². The number of carbonyl (C=O) groups excluding carboxylic acids is 1. The van der Waals surface area contributed by atoms with Gasteiger partial charge in [0.2, 0.25) is 5.91 Å². The van der Waals surface area contributed by atoms with Crippen LogP contribution in [0.1, 0.15) is 40.5 Å². The maximum atomic E-state index is 10.9. The molecule has 11 heavy (non-hydrogen) atoms. The van der Waals surface area contributed by atoms with E-state index in [9.17, 15) is 4.79 Å². The van der Waals surface area contributed by atoms with E-state index in [0.717, 1.165) is 6.42 Å². The molecule has 1 amide bonds. The van der Waals surface area contributed by atoms with Crippen LogP contribution in [0.5, 0.6) is 0 Å². The Kier molecular flexibility index (Phi) is 4.92. The van der Waals surface area contributed by atoms with Gasteiger partial charge in [0.15, 0.2) is 0 Å². The van der Waals surface area contributed by atoms with Crippen molar-refractivity contribution in [3.05, 3.63) is 0 Å². The van der Waals surface area contributed by atoms with Crippen molar-refractivity contribution in [3.63, 3.8) is 0 Å². The average Bonchev–Trinajstić information content (AvgIpc) is 2.02. The summed E-state index contributed by atoms with van der Waals surface area (Å²) < 4.78 is 0. The van der Waals surface area contributed by atoms with Gasteiger partial charge in [-0.05, 0) is 12.8 Å². The van der Waals surface area contributed by atoms with Crippen LogP contribution >= 0.6 is 0 Å². The van der Waals surface area contributed by atoms with Crippen molar-refractivity contribution in [1.82, 2.24) is 5.32 Å². The second kappa shape index (κ2) is 5.16. The van der Waals surface area contributed by atoms with Gasteiger partial charge in [-0.15, -0.1) is 0 Å². The van der Waals surface area contributed by atoms with Crippen molar-refractivity contribution in [2.75, 3.05) is 0 Å². The smallest absolute Gasteiger partial charge is 0.219 e. The maximum Gasteiger partial charge on any atom is 0.219 e. The molecule has 0 aromatic carbocycles. The molecule has 1 N–H and O–H groups in total. The van der Waals surface area contributed by atoms with Gasteiger partial charge >= 0.3 is 0 Å². The SMILES string of the molecule is CCC(=O)NC(C)C(C)CC. The number of carbonyl (C=O) groups is 1. The first-order valence-electron chi connectivity index (χ1n) is 4.41. The zero-order chi connectivity index (χ0) is 8.85. The quantitative estimate of drug-likeness (QED) is 0.664. The van der Waals surface area contributed by atoms with Crippen LogP contribution in [0.4, 0.5) is 0 Å². The normalized spacial score (nSPS) is 15.6. The van der Waals surface area contributed by atoms with Crippen molar-refractivity contribution in [2.24, 2.45) is 5.92 Å². The minimum absolute atomic E-state index is 0.151. The summed E-state index contributed by atoms with van der Waals surface area (Å²) in [5.74, 6) is 0.725. The summed E-state index contributed by atoms with van der Waals surface area (Å²) in [6.45, 7) is 8.22. The van der Waals surface area contributed by atoms with Crippen LogP contribution in [0.15, 0.2) is 0 Å². The standard InChI is InChI=1S/C9H19NO/c1-5-7(3)8(4)10-9(11)6-2/h7-8H,5-6H2,1-4H3,(H,10,11). The molecule has 0 aliphatic carbocycles. The Morgan fingerprint density at radius 3 is 2.27 bits per heavy atom. The highest BCUT2D eigenvalue weighted by atomic mass is 16.1. The van der Waals surface area contributed by atoms with Crippen molar-refractivity contribution < 1.29 is 4.79 Å². The molecular weight excluding hydrogens is 138 g/mol. The van der Waals surface area contributed by atoms with Gasteiger partial charge in [0.05, 0.1) is 0 Å². The lowest BCUT2D eigenvalue weighted by Crippen LogP contribution is -2.36. The fourth-order valence-corrected chi connectivity index (χ4v) is 0.852. The van der Waals surface area contributed by atoms with E-state index in [1.54, 1.807) is 0 Å². The van der Waals surface area contributed by atoms with E-state index >= 15 is 0 Å². The highest BCUT2D eigenvalue weighted by Gasteiger charge is 2.10. The number of nitrogens with one attached hydrogen (secondary N) is 1. The summed E-state index contributed by atoms with van der Waals surface area (Å²) in [6, 6.07) is 0.312. The van der Waals surface area contributed by atoms with Crippen molar-refractivity contribution in [3.8, 4) is 0 Å². The van der Waals surface area contributed by atoms with Crippen molar-refractivity contribution in [1.29, 1.82) is 0 Å². The minimum atomic E-state index is 0.151. The Morgan fingerprint density at radius 1 is 1.36 bits per heavy atom. The van der Waals surface area contributed by atoms with Crippen LogP contribution in [-0.4, -0.2) is 11.9 Å². The van der Waals surface area contributed by atoms with E-state index < -0.39 is 0 Å². The molecular formula is C9H19NO. The molecule has 2 nitrogen and oxygen atoms in total. The topological polar surface area (TPSA) is 29.1 Å². The zero-order valence-corrected chi connectivity index (χ0v) is 7.98. The molecule has 0 rings (SSSR count). The van der Waals surface area contributed by atoms with Crippen LogP contribution in [0.2, 0.25) is 0 Å². The third-order valence-corrected chi connectivity index (χ3v) is 2.21. The Balaban J connectivity index is 3.67. The lowest BCUT2D eigenvalue weighted by molar-refractivity contribution is -0.121. The Bertz CT molecular complexity index is 123. The predicted molar refractivity (Wildman–Crippen MR) is 47.4 cm³/mol. The van der Waals surface area contributed by atoms with Crippen molar-refractivity contribution in [2.45, 2.75) is 46.6 Å². The third-order valence-electron chi connectivity index (χ3n) is 2.21. The highest BCUT2D eigenvalue weighted by molar-refractivity contribution is 5.75. The summed E-state index contributed by atoms with van der Waals surface area (Å²) >= 11 is 0. The molecule has 0 aromatic rings. The van der Waals surface area contributed by atoms with Crippen molar-refractivity contribution >= 4 is 5.91 Å². The zero-order valence-electron chi connectivity index (χ0n) is 7.98. The predicted octanol–water partition coefficient (Wildman–Crippen LogP) is 1.95. The number of hydrogen-bond donors (Lipinski definition) is 1. The third kappa shape index (κ3) is 4.02. The largest absolute Gasteiger partial charge is 0.353 e. The molecule has 0 aliphatic rings. The van der Waals surface area contributed by atoms with Gasteiger partial charge in [-0.25, -0.2) is 0 Å². The lowest BCUT2D eigenvalue weighted by Gasteiger charge is -2.19. The molecule has 0 bridgehead atoms. The van der Waals surface area contributed by atoms with Crippen LogP contribution in [0.25, 0.3) is 0 Å². The van der Waals surface area contributed by atoms with E-state index in [-0.39, 0.29) is 5.91 Å². The van der Waals surface area contributed by atoms with Gasteiger partial charge in [0, 0.05) is 12.5 Å². The Hall–Kier alpha value is -0.530.